The number of carbonyl (C=O) groups excluding carboxylic acids is 1. The Balaban J connectivity index is 1.98. The largest absolute Gasteiger partial charge is 0.481 e. The average molecular weight is 290 g/mol. The molecule has 0 aliphatic carbocycles. The van der Waals surface area contributed by atoms with Crippen molar-refractivity contribution in [2.75, 3.05) is 19.6 Å². The number of likely N-dealkylation sites (tertiary alicyclic amines) is 1. The van der Waals surface area contributed by atoms with E-state index < -0.39 is 6.10 Å². The van der Waals surface area contributed by atoms with Crippen molar-refractivity contribution in [2.45, 2.75) is 45.8 Å². The zero-order valence-corrected chi connectivity index (χ0v) is 13.1. The van der Waals surface area contributed by atoms with Crippen molar-refractivity contribution >= 4 is 5.91 Å². The van der Waals surface area contributed by atoms with Gasteiger partial charge in [-0.15, -0.1) is 0 Å². The van der Waals surface area contributed by atoms with Gasteiger partial charge in [0.05, 0.1) is 0 Å². The first-order valence-corrected chi connectivity index (χ1v) is 7.96. The molecule has 21 heavy (non-hydrogen) atoms. The van der Waals surface area contributed by atoms with Crippen molar-refractivity contribution in [3.63, 3.8) is 0 Å². The minimum Gasteiger partial charge on any atom is -0.481 e. The summed E-state index contributed by atoms with van der Waals surface area (Å²) < 4.78 is 5.93. The average Bonchev–Trinajstić information content (AvgIpc) is 2.54. The van der Waals surface area contributed by atoms with E-state index >= 15 is 0 Å². The molecule has 1 saturated heterocycles. The molecule has 2 rings (SSSR count). The molecule has 1 aromatic carbocycles. The van der Waals surface area contributed by atoms with E-state index in [4.69, 9.17) is 4.74 Å². The van der Waals surface area contributed by atoms with Crippen LogP contribution in [0, 0.1) is 0 Å². The third kappa shape index (κ3) is 4.46. The zero-order valence-electron chi connectivity index (χ0n) is 13.1. The van der Waals surface area contributed by atoms with Gasteiger partial charge < -0.3 is 15.0 Å². The van der Waals surface area contributed by atoms with Gasteiger partial charge in [0.25, 0.3) is 5.91 Å². The fourth-order valence-electron chi connectivity index (χ4n) is 2.64. The van der Waals surface area contributed by atoms with Gasteiger partial charge in [-0.1, -0.05) is 25.1 Å². The van der Waals surface area contributed by atoms with Crippen LogP contribution in [0.25, 0.3) is 0 Å². The quantitative estimate of drug-likeness (QED) is 0.875. The molecule has 116 valence electrons. The molecule has 1 fully saturated rings. The van der Waals surface area contributed by atoms with Gasteiger partial charge in [0.2, 0.25) is 0 Å². The van der Waals surface area contributed by atoms with Crippen molar-refractivity contribution in [3.8, 4) is 5.75 Å². The molecule has 0 radical (unpaired) electrons. The normalized spacial score (nSPS) is 16.6. The molecule has 1 aliphatic heterocycles. The maximum absolute atomic E-state index is 12.4. The van der Waals surface area contributed by atoms with Gasteiger partial charge >= 0.3 is 0 Å². The molecule has 0 saturated carbocycles. The summed E-state index contributed by atoms with van der Waals surface area (Å²) in [4.78, 5) is 14.3. The Kier molecular flexibility index (Phi) is 6.05. The molecule has 1 aliphatic rings. The first-order chi connectivity index (χ1) is 10.2. The number of nitrogens with zero attached hydrogens (tertiary/aromatic N) is 1. The second-order valence-electron chi connectivity index (χ2n) is 5.53. The smallest absolute Gasteiger partial charge is 0.263 e. The van der Waals surface area contributed by atoms with E-state index in [1.54, 1.807) is 0 Å². The molecule has 4 nitrogen and oxygen atoms in total. The van der Waals surface area contributed by atoms with Crippen molar-refractivity contribution in [2.24, 2.45) is 0 Å². The highest BCUT2D eigenvalue weighted by molar-refractivity contribution is 5.81. The Labute approximate surface area is 127 Å². The standard InChI is InChI=1S/C17H26N2O2/c1-3-18-13-15-9-5-6-10-16(15)21-14(2)17(20)19-11-7-4-8-12-19/h5-6,9-10,14,18H,3-4,7-8,11-13H2,1-2H3. The number of amides is 1. The van der Waals surface area contributed by atoms with E-state index in [1.165, 1.54) is 6.42 Å². The molecule has 1 heterocycles. The molecule has 1 unspecified atom stereocenters. The summed E-state index contributed by atoms with van der Waals surface area (Å²) in [7, 11) is 0. The van der Waals surface area contributed by atoms with Gasteiger partial charge in [-0.2, -0.15) is 0 Å². The number of ether oxygens (including phenoxy) is 1. The lowest BCUT2D eigenvalue weighted by molar-refractivity contribution is -0.138. The van der Waals surface area contributed by atoms with Crippen LogP contribution in [0.5, 0.6) is 5.75 Å². The lowest BCUT2D eigenvalue weighted by Gasteiger charge is -2.29. The second-order valence-corrected chi connectivity index (χ2v) is 5.53. The number of para-hydroxylation sites is 1. The van der Waals surface area contributed by atoms with Crippen molar-refractivity contribution < 1.29 is 9.53 Å². The van der Waals surface area contributed by atoms with Crippen LogP contribution in [0.4, 0.5) is 0 Å². The summed E-state index contributed by atoms with van der Waals surface area (Å²) in [6.45, 7) is 7.33. The van der Waals surface area contributed by atoms with Crippen molar-refractivity contribution in [1.29, 1.82) is 0 Å². The fourth-order valence-corrected chi connectivity index (χ4v) is 2.64. The molecule has 1 amide bonds. The van der Waals surface area contributed by atoms with Crippen LogP contribution in [-0.2, 0) is 11.3 Å². The Hall–Kier alpha value is -1.55. The summed E-state index contributed by atoms with van der Waals surface area (Å²) >= 11 is 0. The highest BCUT2D eigenvalue weighted by Gasteiger charge is 2.23. The Morgan fingerprint density at radius 2 is 2.00 bits per heavy atom. The molecule has 0 bridgehead atoms. The van der Waals surface area contributed by atoms with E-state index in [9.17, 15) is 4.79 Å². The van der Waals surface area contributed by atoms with Gasteiger partial charge in [-0.05, 0) is 38.8 Å². The third-order valence-corrected chi connectivity index (χ3v) is 3.86. The molecule has 0 spiro atoms. The van der Waals surface area contributed by atoms with E-state index in [-0.39, 0.29) is 5.91 Å². The molecular weight excluding hydrogens is 264 g/mol. The number of carbonyl (C=O) groups is 1. The lowest BCUT2D eigenvalue weighted by atomic mass is 10.1. The van der Waals surface area contributed by atoms with Crippen molar-refractivity contribution in [3.05, 3.63) is 29.8 Å². The molecule has 4 heteroatoms. The van der Waals surface area contributed by atoms with Gasteiger partial charge in [-0.25, -0.2) is 0 Å². The minimum absolute atomic E-state index is 0.105. The molecule has 1 atom stereocenters. The highest BCUT2D eigenvalue weighted by atomic mass is 16.5. The van der Waals surface area contributed by atoms with Crippen molar-refractivity contribution in [1.82, 2.24) is 10.2 Å². The summed E-state index contributed by atoms with van der Waals surface area (Å²) in [6.07, 6.45) is 3.01. The number of hydrogen-bond donors (Lipinski definition) is 1. The van der Waals surface area contributed by atoms with Crippen LogP contribution in [-0.4, -0.2) is 36.5 Å². The molecule has 1 aromatic rings. The second kappa shape index (κ2) is 8.03. The Morgan fingerprint density at radius 1 is 1.29 bits per heavy atom. The number of piperidine rings is 1. The molecule has 0 aromatic heterocycles. The summed E-state index contributed by atoms with van der Waals surface area (Å²) in [5.74, 6) is 0.907. The van der Waals surface area contributed by atoms with Crippen LogP contribution in [0.15, 0.2) is 24.3 Å². The van der Waals surface area contributed by atoms with E-state index in [1.807, 2.05) is 36.1 Å². The summed E-state index contributed by atoms with van der Waals surface area (Å²) in [6, 6.07) is 7.92. The number of benzene rings is 1. The number of nitrogens with one attached hydrogen (secondary N) is 1. The maximum atomic E-state index is 12.4. The van der Waals surface area contributed by atoms with Crippen LogP contribution in [0.3, 0.4) is 0 Å². The van der Waals surface area contributed by atoms with Crippen LogP contribution in [0.2, 0.25) is 0 Å². The lowest BCUT2D eigenvalue weighted by Crippen LogP contribution is -2.43. The highest BCUT2D eigenvalue weighted by Crippen LogP contribution is 2.20. The molecule has 1 N–H and O–H groups in total. The minimum atomic E-state index is -0.425. The van der Waals surface area contributed by atoms with Gasteiger partial charge in [0.1, 0.15) is 5.75 Å². The number of rotatable bonds is 6. The van der Waals surface area contributed by atoms with Gasteiger partial charge in [0.15, 0.2) is 6.10 Å². The van der Waals surface area contributed by atoms with Gasteiger partial charge in [0, 0.05) is 25.2 Å². The Morgan fingerprint density at radius 3 is 2.71 bits per heavy atom. The first kappa shape index (κ1) is 15.8. The number of hydrogen-bond acceptors (Lipinski definition) is 3. The van der Waals surface area contributed by atoms with E-state index in [0.717, 1.165) is 50.3 Å². The van der Waals surface area contributed by atoms with Gasteiger partial charge in [-0.3, -0.25) is 4.79 Å². The first-order valence-electron chi connectivity index (χ1n) is 7.96. The van der Waals surface area contributed by atoms with Crippen LogP contribution >= 0.6 is 0 Å². The zero-order chi connectivity index (χ0) is 15.1. The maximum Gasteiger partial charge on any atom is 0.263 e. The topological polar surface area (TPSA) is 41.6 Å². The van der Waals surface area contributed by atoms with E-state index in [0.29, 0.717) is 0 Å². The Bertz CT molecular complexity index is 456. The van der Waals surface area contributed by atoms with Crippen LogP contribution in [0.1, 0.15) is 38.7 Å². The summed E-state index contributed by atoms with van der Waals surface area (Å²) in [5.41, 5.74) is 1.10. The monoisotopic (exact) mass is 290 g/mol. The predicted molar refractivity (Wildman–Crippen MR) is 84.3 cm³/mol. The fraction of sp³-hybridized carbons (Fsp3) is 0.588. The summed E-state index contributed by atoms with van der Waals surface area (Å²) in [5, 5.41) is 3.30. The molecular formula is C17H26N2O2. The van der Waals surface area contributed by atoms with E-state index in [2.05, 4.69) is 12.2 Å². The third-order valence-electron chi connectivity index (χ3n) is 3.86. The van der Waals surface area contributed by atoms with Crippen LogP contribution < -0.4 is 10.1 Å². The predicted octanol–water partition coefficient (Wildman–Crippen LogP) is 2.58. The SMILES string of the molecule is CCNCc1ccccc1OC(C)C(=O)N1CCCCC1.